The number of anilines is 3. The third-order valence-electron chi connectivity index (χ3n) is 7.77. The second-order valence-corrected chi connectivity index (χ2v) is 14.6. The van der Waals surface area contributed by atoms with E-state index in [4.69, 9.17) is 4.98 Å². The van der Waals surface area contributed by atoms with E-state index in [2.05, 4.69) is 84.4 Å². The van der Waals surface area contributed by atoms with Gasteiger partial charge in [0, 0.05) is 32.8 Å². The van der Waals surface area contributed by atoms with Crippen molar-refractivity contribution in [1.82, 2.24) is 15.3 Å². The molecule has 2 aromatic heterocycles. The van der Waals surface area contributed by atoms with E-state index in [1.807, 2.05) is 24.3 Å². The molecule has 7 nitrogen and oxygen atoms in total. The molecule has 3 aromatic carbocycles. The minimum absolute atomic E-state index is 0.599. The highest BCUT2D eigenvalue weighted by atomic mass is 32.2. The van der Waals surface area contributed by atoms with Gasteiger partial charge in [-0.25, -0.2) is 13.4 Å². The fourth-order valence-corrected chi connectivity index (χ4v) is 7.24. The Labute approximate surface area is 265 Å². The average Bonchev–Trinajstić information content (AvgIpc) is 3.51. The molecular formula is C35H43N5O2S2. The minimum atomic E-state index is -3.25. The van der Waals surface area contributed by atoms with Gasteiger partial charge in [-0.05, 0) is 125 Å². The van der Waals surface area contributed by atoms with Gasteiger partial charge in [0.05, 0.1) is 11.9 Å². The van der Waals surface area contributed by atoms with E-state index in [9.17, 15) is 8.42 Å². The first-order chi connectivity index (χ1) is 21.1. The highest BCUT2D eigenvalue weighted by Gasteiger charge is 2.15. The Balaban J connectivity index is 1.24. The number of H-pyrrole nitrogens is 1. The third kappa shape index (κ3) is 8.28. The first kappa shape index (κ1) is 31.8. The van der Waals surface area contributed by atoms with Gasteiger partial charge in [-0.3, -0.25) is 4.72 Å². The van der Waals surface area contributed by atoms with Crippen molar-refractivity contribution in [2.45, 2.75) is 59.8 Å². The summed E-state index contributed by atoms with van der Waals surface area (Å²) in [6.45, 7) is 10.4. The zero-order valence-electron chi connectivity index (χ0n) is 26.3. The second-order valence-electron chi connectivity index (χ2n) is 11.6. The van der Waals surface area contributed by atoms with Crippen molar-refractivity contribution < 1.29 is 8.42 Å². The van der Waals surface area contributed by atoms with E-state index in [1.54, 1.807) is 11.3 Å². The number of aromatic amines is 1. The number of sulfonamides is 1. The van der Waals surface area contributed by atoms with E-state index in [0.29, 0.717) is 5.69 Å². The molecule has 0 aliphatic rings. The van der Waals surface area contributed by atoms with Crippen LogP contribution < -0.4 is 15.4 Å². The summed E-state index contributed by atoms with van der Waals surface area (Å²) in [5, 5.41) is 9.39. The van der Waals surface area contributed by atoms with Crippen molar-refractivity contribution in [3.05, 3.63) is 93.5 Å². The van der Waals surface area contributed by atoms with Crippen LogP contribution in [0.5, 0.6) is 0 Å². The van der Waals surface area contributed by atoms with Gasteiger partial charge in [0.25, 0.3) is 0 Å². The molecule has 0 spiro atoms. The van der Waals surface area contributed by atoms with Crippen LogP contribution in [0.15, 0.2) is 60.7 Å². The third-order valence-corrected chi connectivity index (χ3v) is 9.31. The van der Waals surface area contributed by atoms with Gasteiger partial charge in [0.1, 0.15) is 0 Å². The lowest BCUT2D eigenvalue weighted by Gasteiger charge is -2.10. The highest BCUT2D eigenvalue weighted by molar-refractivity contribution is 7.92. The number of nitrogens with zero attached hydrogens (tertiary/aromatic N) is 1. The van der Waals surface area contributed by atoms with Gasteiger partial charge in [0.2, 0.25) is 10.0 Å². The maximum absolute atomic E-state index is 11.4. The summed E-state index contributed by atoms with van der Waals surface area (Å²) in [5.41, 5.74) is 11.4. The lowest BCUT2D eigenvalue weighted by Crippen LogP contribution is -2.18. The fraction of sp³-hybridized carbons (Fsp3) is 0.343. The number of aromatic nitrogens is 2. The Bertz CT molecular complexity index is 1820. The van der Waals surface area contributed by atoms with Crippen molar-refractivity contribution in [3.8, 4) is 11.3 Å². The Morgan fingerprint density at radius 1 is 0.864 bits per heavy atom. The summed E-state index contributed by atoms with van der Waals surface area (Å²) in [6.07, 6.45) is 6.12. The van der Waals surface area contributed by atoms with Crippen molar-refractivity contribution in [1.29, 1.82) is 0 Å². The molecule has 4 N–H and O–H groups in total. The number of fused-ring (bicyclic) bond motifs is 1. The van der Waals surface area contributed by atoms with Gasteiger partial charge in [0.15, 0.2) is 5.13 Å². The Morgan fingerprint density at radius 2 is 1.59 bits per heavy atom. The van der Waals surface area contributed by atoms with E-state index in [0.717, 1.165) is 73.5 Å². The number of unbranched alkanes of at least 4 members (excludes halogenated alkanes) is 1. The number of benzene rings is 3. The summed E-state index contributed by atoms with van der Waals surface area (Å²) >= 11 is 1.71. The molecule has 5 aromatic rings. The molecule has 9 heteroatoms. The van der Waals surface area contributed by atoms with Crippen molar-refractivity contribution in [2.24, 2.45) is 0 Å². The van der Waals surface area contributed by atoms with Crippen LogP contribution in [0.3, 0.4) is 0 Å². The van der Waals surface area contributed by atoms with Crippen LogP contribution in [0.1, 0.15) is 52.6 Å². The number of hydrogen-bond donors (Lipinski definition) is 4. The average molecular weight is 630 g/mol. The number of thiazole rings is 1. The molecular weight excluding hydrogens is 587 g/mol. The topological polar surface area (TPSA) is 98.9 Å². The zero-order valence-corrected chi connectivity index (χ0v) is 27.9. The predicted octanol–water partition coefficient (Wildman–Crippen LogP) is 8.05. The molecule has 0 unspecified atom stereocenters. The largest absolute Gasteiger partial charge is 0.354 e. The van der Waals surface area contributed by atoms with Crippen LogP contribution in [-0.2, 0) is 29.3 Å². The van der Waals surface area contributed by atoms with E-state index < -0.39 is 10.0 Å². The lowest BCUT2D eigenvalue weighted by atomic mass is 9.99. The number of aryl methyl sites for hydroxylation is 5. The summed E-state index contributed by atoms with van der Waals surface area (Å²) in [7, 11) is -3.25. The Hall–Kier alpha value is -3.66. The van der Waals surface area contributed by atoms with Crippen LogP contribution in [0.25, 0.3) is 22.2 Å². The molecule has 232 valence electrons. The highest BCUT2D eigenvalue weighted by Crippen LogP contribution is 2.34. The van der Waals surface area contributed by atoms with Crippen molar-refractivity contribution in [2.75, 3.05) is 29.4 Å². The Kier molecular flexibility index (Phi) is 10.1. The number of rotatable bonds is 14. The summed E-state index contributed by atoms with van der Waals surface area (Å²) in [4.78, 5) is 9.79. The van der Waals surface area contributed by atoms with E-state index in [1.165, 1.54) is 43.8 Å². The van der Waals surface area contributed by atoms with Crippen molar-refractivity contribution in [3.63, 3.8) is 0 Å². The fourth-order valence-electron chi connectivity index (χ4n) is 5.75. The predicted molar refractivity (Wildman–Crippen MR) is 187 cm³/mol. The Morgan fingerprint density at radius 3 is 2.27 bits per heavy atom. The molecule has 0 radical (unpaired) electrons. The van der Waals surface area contributed by atoms with Crippen LogP contribution >= 0.6 is 11.3 Å². The van der Waals surface area contributed by atoms with Crippen LogP contribution in [0.4, 0.5) is 16.5 Å². The molecule has 0 saturated heterocycles. The smallest absolute Gasteiger partial charge is 0.229 e. The molecule has 0 saturated carbocycles. The van der Waals surface area contributed by atoms with Gasteiger partial charge >= 0.3 is 0 Å². The van der Waals surface area contributed by atoms with Gasteiger partial charge < -0.3 is 15.6 Å². The van der Waals surface area contributed by atoms with Crippen LogP contribution in [0.2, 0.25) is 0 Å². The molecule has 0 bridgehead atoms. The molecule has 0 aliphatic carbocycles. The molecule has 0 amide bonds. The maximum Gasteiger partial charge on any atom is 0.229 e. The molecule has 0 atom stereocenters. The van der Waals surface area contributed by atoms with Crippen molar-refractivity contribution >= 4 is 48.8 Å². The first-order valence-corrected chi connectivity index (χ1v) is 18.0. The molecule has 44 heavy (non-hydrogen) atoms. The number of nitrogens with one attached hydrogen (secondary N) is 4. The van der Waals surface area contributed by atoms with Crippen LogP contribution in [-0.4, -0.2) is 37.7 Å². The standard InChI is InChI=1S/C35H43N5O2S2/c1-6-32-25(4)43-35(39-32)37-29-14-15-33-31(22-29)30(34(38-33)27-20-23(2)19-24(3)21-27)16-18-36-17-8-7-9-26-10-12-28(13-11-26)40-44(5,41)42/h10-15,19-22,36,38,40H,6-9,16-18H2,1-5H3,(H,37,39). The maximum atomic E-state index is 11.4. The van der Waals surface area contributed by atoms with Gasteiger partial charge in [-0.2, -0.15) is 0 Å². The number of hydrogen-bond acceptors (Lipinski definition) is 6. The normalized spacial score (nSPS) is 11.8. The lowest BCUT2D eigenvalue weighted by molar-refractivity contribution is 0.607. The SMILES string of the molecule is CCc1nc(Nc2ccc3[nH]c(-c4cc(C)cc(C)c4)c(CCNCCCCc4ccc(NS(C)(=O)=O)cc4)c3c2)sc1C. The summed E-state index contributed by atoms with van der Waals surface area (Å²) in [6, 6.07) is 20.9. The first-order valence-electron chi connectivity index (χ1n) is 15.3. The molecule has 0 fully saturated rings. The zero-order chi connectivity index (χ0) is 31.3. The minimum Gasteiger partial charge on any atom is -0.354 e. The van der Waals surface area contributed by atoms with E-state index in [-0.39, 0.29) is 0 Å². The van der Waals surface area contributed by atoms with Crippen LogP contribution in [0, 0.1) is 20.8 Å². The monoisotopic (exact) mass is 629 g/mol. The second kappa shape index (κ2) is 14.0. The summed E-state index contributed by atoms with van der Waals surface area (Å²) < 4.78 is 25.4. The quantitative estimate of drug-likeness (QED) is 0.0932. The molecule has 2 heterocycles. The molecule has 0 aliphatic heterocycles. The van der Waals surface area contributed by atoms with Gasteiger partial charge in [-0.15, -0.1) is 11.3 Å². The van der Waals surface area contributed by atoms with E-state index >= 15 is 0 Å². The summed E-state index contributed by atoms with van der Waals surface area (Å²) in [5.74, 6) is 0. The van der Waals surface area contributed by atoms with Gasteiger partial charge in [-0.1, -0.05) is 36.2 Å². The molecule has 5 rings (SSSR count).